The van der Waals surface area contributed by atoms with Crippen LogP contribution < -0.4 is 10.6 Å². The third-order valence-electron chi connectivity index (χ3n) is 5.15. The van der Waals surface area contributed by atoms with Gasteiger partial charge in [0.25, 0.3) is 5.82 Å². The van der Waals surface area contributed by atoms with Gasteiger partial charge in [0.1, 0.15) is 5.82 Å². The molecular formula is C18H14F6N6O. The summed E-state index contributed by atoms with van der Waals surface area (Å²) in [7, 11) is 0. The van der Waals surface area contributed by atoms with Crippen molar-refractivity contribution in [2.75, 3.05) is 18.0 Å². The van der Waals surface area contributed by atoms with Crippen LogP contribution in [0.4, 0.5) is 32.2 Å². The lowest BCUT2D eigenvalue weighted by molar-refractivity contribution is -0.144. The molecule has 2 N–H and O–H groups in total. The molecule has 2 atom stereocenters. The zero-order valence-corrected chi connectivity index (χ0v) is 15.6. The standard InChI is InChI=1S/C18H14F6N6O/c19-11-5-13(21)12(20)3-10(11)9-4-16(31)29(7-8(9)6-25)15-2-1-14-26-17(18(22,23)24)28-30(14)27-15/h1-3,5,8-9H,4,6-7,25H2/t8-,9-/m0/s1. The second-order valence-electron chi connectivity index (χ2n) is 7.07. The normalized spacial score (nSPS) is 20.0. The molecule has 1 fully saturated rings. The van der Waals surface area contributed by atoms with Crippen LogP contribution in [0.2, 0.25) is 0 Å². The number of hydrogen-bond acceptors (Lipinski definition) is 5. The van der Waals surface area contributed by atoms with E-state index in [1.165, 1.54) is 17.0 Å². The molecule has 0 saturated carbocycles. The number of aromatic nitrogens is 4. The molecule has 7 nitrogen and oxygen atoms in total. The van der Waals surface area contributed by atoms with Crippen molar-refractivity contribution in [3.8, 4) is 0 Å². The summed E-state index contributed by atoms with van der Waals surface area (Å²) in [5.41, 5.74) is 5.44. The van der Waals surface area contributed by atoms with Crippen LogP contribution in [0.3, 0.4) is 0 Å². The maximum atomic E-state index is 14.2. The number of piperidine rings is 1. The Balaban J connectivity index is 1.65. The second kappa shape index (κ2) is 7.48. The van der Waals surface area contributed by atoms with Crippen LogP contribution in [0, 0.1) is 23.4 Å². The van der Waals surface area contributed by atoms with Crippen molar-refractivity contribution >= 4 is 17.4 Å². The fraction of sp³-hybridized carbons (Fsp3) is 0.333. The summed E-state index contributed by atoms with van der Waals surface area (Å²) in [5.74, 6) is -6.87. The van der Waals surface area contributed by atoms with E-state index in [0.717, 1.165) is 0 Å². The lowest BCUT2D eigenvalue weighted by atomic mass is 9.79. The third kappa shape index (κ3) is 3.80. The van der Waals surface area contributed by atoms with Crippen molar-refractivity contribution < 1.29 is 31.1 Å². The van der Waals surface area contributed by atoms with Crippen LogP contribution in [0.5, 0.6) is 0 Å². The summed E-state index contributed by atoms with van der Waals surface area (Å²) in [6.45, 7) is -0.0750. The predicted octanol–water partition coefficient (Wildman–Crippen LogP) is 2.66. The van der Waals surface area contributed by atoms with Gasteiger partial charge in [-0.3, -0.25) is 9.69 Å². The Hall–Kier alpha value is -3.22. The SMILES string of the molecule is NC[C@H]1CN(c2ccc3nc(C(F)(F)F)nn3n2)C(=O)C[C@@H]1c1cc(F)c(F)cc1F. The fourth-order valence-electron chi connectivity index (χ4n) is 3.61. The topological polar surface area (TPSA) is 89.4 Å². The number of fused-ring (bicyclic) bond motifs is 1. The van der Waals surface area contributed by atoms with E-state index in [0.29, 0.717) is 16.8 Å². The van der Waals surface area contributed by atoms with Gasteiger partial charge in [-0.05, 0) is 36.2 Å². The minimum atomic E-state index is -4.76. The number of hydrogen-bond donors (Lipinski definition) is 1. The zero-order valence-electron chi connectivity index (χ0n) is 15.6. The van der Waals surface area contributed by atoms with Gasteiger partial charge in [0, 0.05) is 24.9 Å². The number of amides is 1. The van der Waals surface area contributed by atoms with E-state index < -0.39 is 47.2 Å². The van der Waals surface area contributed by atoms with E-state index in [9.17, 15) is 31.1 Å². The van der Waals surface area contributed by atoms with Gasteiger partial charge >= 0.3 is 6.18 Å². The molecule has 0 aliphatic carbocycles. The summed E-state index contributed by atoms with van der Waals surface area (Å²) in [4.78, 5) is 17.2. The van der Waals surface area contributed by atoms with E-state index in [-0.39, 0.29) is 36.5 Å². The first-order valence-electron chi connectivity index (χ1n) is 9.04. The zero-order chi connectivity index (χ0) is 22.5. The average molecular weight is 444 g/mol. The van der Waals surface area contributed by atoms with Gasteiger partial charge in [-0.25, -0.2) is 18.2 Å². The quantitative estimate of drug-likeness (QED) is 0.496. The first-order chi connectivity index (χ1) is 14.6. The highest BCUT2D eigenvalue weighted by atomic mass is 19.4. The molecule has 1 aliphatic heterocycles. The molecule has 1 saturated heterocycles. The number of rotatable bonds is 3. The molecule has 31 heavy (non-hydrogen) atoms. The van der Waals surface area contributed by atoms with E-state index in [4.69, 9.17) is 5.73 Å². The van der Waals surface area contributed by atoms with Gasteiger partial charge < -0.3 is 5.73 Å². The molecule has 164 valence electrons. The summed E-state index contributed by atoms with van der Waals surface area (Å²) < 4.78 is 80.2. The van der Waals surface area contributed by atoms with E-state index in [1.54, 1.807) is 0 Å². The number of carbonyl (C=O) groups excluding carboxylic acids is 1. The summed E-state index contributed by atoms with van der Waals surface area (Å²) in [6, 6.07) is 3.64. The molecule has 0 bridgehead atoms. The van der Waals surface area contributed by atoms with Gasteiger partial charge in [-0.2, -0.15) is 13.2 Å². The third-order valence-corrected chi connectivity index (χ3v) is 5.15. The molecule has 0 radical (unpaired) electrons. The number of benzene rings is 1. The van der Waals surface area contributed by atoms with Crippen LogP contribution in [0.1, 0.15) is 23.7 Å². The lowest BCUT2D eigenvalue weighted by Gasteiger charge is -2.37. The number of anilines is 1. The monoisotopic (exact) mass is 444 g/mol. The molecule has 0 unspecified atom stereocenters. The van der Waals surface area contributed by atoms with Gasteiger partial charge in [0.15, 0.2) is 23.1 Å². The summed E-state index contributed by atoms with van der Waals surface area (Å²) >= 11 is 0. The Morgan fingerprint density at radius 2 is 1.77 bits per heavy atom. The molecule has 2 aromatic heterocycles. The predicted molar refractivity (Wildman–Crippen MR) is 94.4 cm³/mol. The van der Waals surface area contributed by atoms with Crippen molar-refractivity contribution in [2.45, 2.75) is 18.5 Å². The number of halogens is 6. The van der Waals surface area contributed by atoms with Gasteiger partial charge in [-0.1, -0.05) is 0 Å². The molecule has 0 spiro atoms. The van der Waals surface area contributed by atoms with E-state index in [2.05, 4.69) is 15.2 Å². The van der Waals surface area contributed by atoms with Crippen LogP contribution in [0.15, 0.2) is 24.3 Å². The Bertz CT molecular complexity index is 1160. The van der Waals surface area contributed by atoms with Gasteiger partial charge in [-0.15, -0.1) is 14.8 Å². The highest BCUT2D eigenvalue weighted by Crippen LogP contribution is 2.37. The Kier molecular flexibility index (Phi) is 5.07. The van der Waals surface area contributed by atoms with Crippen LogP contribution in [-0.2, 0) is 11.0 Å². The average Bonchev–Trinajstić information content (AvgIpc) is 3.14. The van der Waals surface area contributed by atoms with Crippen LogP contribution in [-0.4, -0.2) is 38.8 Å². The molecule has 1 amide bonds. The highest BCUT2D eigenvalue weighted by molar-refractivity contribution is 5.94. The molecule has 13 heteroatoms. The number of carbonyl (C=O) groups is 1. The van der Waals surface area contributed by atoms with Crippen LogP contribution in [0.25, 0.3) is 5.65 Å². The summed E-state index contributed by atoms with van der Waals surface area (Å²) in [6.07, 6.45) is -5.05. The smallest absolute Gasteiger partial charge is 0.330 e. The first-order valence-corrected chi connectivity index (χ1v) is 9.04. The first kappa shape index (κ1) is 21.0. The molecular weight excluding hydrogens is 430 g/mol. The Morgan fingerprint density at radius 1 is 1.06 bits per heavy atom. The van der Waals surface area contributed by atoms with Crippen molar-refractivity contribution in [3.05, 3.63) is 53.1 Å². The van der Waals surface area contributed by atoms with E-state index >= 15 is 0 Å². The fourth-order valence-corrected chi connectivity index (χ4v) is 3.61. The molecule has 3 heterocycles. The number of alkyl halides is 3. The van der Waals surface area contributed by atoms with Gasteiger partial charge in [0.05, 0.1) is 0 Å². The van der Waals surface area contributed by atoms with Crippen molar-refractivity contribution in [1.29, 1.82) is 0 Å². The Labute approximate surface area is 170 Å². The minimum absolute atomic E-state index is 0.00113. The molecule has 3 aromatic rings. The van der Waals surface area contributed by atoms with Crippen LogP contribution >= 0.6 is 0 Å². The van der Waals surface area contributed by atoms with Crippen molar-refractivity contribution in [2.24, 2.45) is 11.7 Å². The summed E-state index contributed by atoms with van der Waals surface area (Å²) in [5, 5.41) is 7.19. The van der Waals surface area contributed by atoms with Crippen molar-refractivity contribution in [1.82, 2.24) is 19.8 Å². The largest absolute Gasteiger partial charge is 0.453 e. The lowest BCUT2D eigenvalue weighted by Crippen LogP contribution is -2.46. The highest BCUT2D eigenvalue weighted by Gasteiger charge is 2.39. The molecule has 1 aliphatic rings. The molecule has 1 aromatic carbocycles. The number of nitrogens with two attached hydrogens (primary N) is 1. The molecule has 4 rings (SSSR count). The second-order valence-corrected chi connectivity index (χ2v) is 7.07. The minimum Gasteiger partial charge on any atom is -0.330 e. The Morgan fingerprint density at radius 3 is 2.45 bits per heavy atom. The van der Waals surface area contributed by atoms with Crippen molar-refractivity contribution in [3.63, 3.8) is 0 Å². The number of nitrogens with zero attached hydrogens (tertiary/aromatic N) is 5. The van der Waals surface area contributed by atoms with E-state index in [1.807, 2.05) is 0 Å². The van der Waals surface area contributed by atoms with Gasteiger partial charge in [0.2, 0.25) is 5.91 Å². The maximum Gasteiger partial charge on any atom is 0.453 e. The maximum absolute atomic E-state index is 14.2.